The summed E-state index contributed by atoms with van der Waals surface area (Å²) < 4.78 is 0. The second-order valence-electron chi connectivity index (χ2n) is 6.02. The Balaban J connectivity index is 2.76. The fraction of sp³-hybridized carbons (Fsp3) is 0.538. The number of nitrogens with one attached hydrogen (secondary N) is 2. The van der Waals surface area contributed by atoms with Crippen LogP contribution in [0, 0.1) is 0 Å². The van der Waals surface area contributed by atoms with Crippen molar-refractivity contribution in [1.82, 2.24) is 10.3 Å². The number of pyridine rings is 1. The number of carbonyl (C=O) groups is 1. The van der Waals surface area contributed by atoms with Crippen LogP contribution < -0.4 is 10.9 Å². The Bertz CT molecular complexity index is 570. The molecule has 0 saturated heterocycles. The summed E-state index contributed by atoms with van der Waals surface area (Å²) in [5, 5.41) is 12.7. The second kappa shape index (κ2) is 3.68. The van der Waals surface area contributed by atoms with Crippen LogP contribution in [0.1, 0.15) is 49.3 Å². The van der Waals surface area contributed by atoms with Crippen molar-refractivity contribution in [3.8, 4) is 0 Å². The number of hydrogen-bond acceptors (Lipinski definition) is 3. The van der Waals surface area contributed by atoms with E-state index in [-0.39, 0.29) is 16.7 Å². The van der Waals surface area contributed by atoms with E-state index in [2.05, 4.69) is 10.3 Å². The van der Waals surface area contributed by atoms with E-state index < -0.39 is 11.5 Å². The molecule has 18 heavy (non-hydrogen) atoms. The van der Waals surface area contributed by atoms with Crippen LogP contribution in [0.4, 0.5) is 0 Å². The highest BCUT2D eigenvalue weighted by Crippen LogP contribution is 2.34. The van der Waals surface area contributed by atoms with E-state index in [1.54, 1.807) is 0 Å². The number of H-pyrrole nitrogens is 1. The normalized spacial score (nSPS) is 20.2. The molecule has 2 rings (SSSR count). The summed E-state index contributed by atoms with van der Waals surface area (Å²) in [5.74, 6) is -1.06. The van der Waals surface area contributed by atoms with Gasteiger partial charge in [-0.25, -0.2) is 4.79 Å². The van der Waals surface area contributed by atoms with Crippen molar-refractivity contribution in [3.05, 3.63) is 33.2 Å². The van der Waals surface area contributed by atoms with Crippen LogP contribution in [0.2, 0.25) is 0 Å². The smallest absolute Gasteiger partial charge is 0.336 e. The minimum absolute atomic E-state index is 0.0850. The molecule has 0 radical (unpaired) electrons. The fourth-order valence-corrected chi connectivity index (χ4v) is 3.02. The van der Waals surface area contributed by atoms with Crippen molar-refractivity contribution in [3.63, 3.8) is 0 Å². The molecule has 0 bridgehead atoms. The molecule has 0 amide bonds. The number of hydrogen-bond donors (Lipinski definition) is 3. The summed E-state index contributed by atoms with van der Waals surface area (Å²) in [6.45, 7) is 7.92. The zero-order chi connectivity index (χ0) is 13.7. The van der Waals surface area contributed by atoms with Crippen molar-refractivity contribution in [2.24, 2.45) is 0 Å². The van der Waals surface area contributed by atoms with Gasteiger partial charge in [-0.05, 0) is 27.7 Å². The summed E-state index contributed by atoms with van der Waals surface area (Å²) in [7, 11) is 0. The lowest BCUT2D eigenvalue weighted by Crippen LogP contribution is -2.56. The Hall–Kier alpha value is -1.62. The molecule has 0 aromatic carbocycles. The summed E-state index contributed by atoms with van der Waals surface area (Å²) >= 11 is 0. The Morgan fingerprint density at radius 1 is 1.33 bits per heavy atom. The molecule has 0 aliphatic carbocycles. The highest BCUT2D eigenvalue weighted by atomic mass is 16.4. The van der Waals surface area contributed by atoms with Crippen LogP contribution in [0.25, 0.3) is 0 Å². The molecule has 1 aromatic rings. The molecule has 0 unspecified atom stereocenters. The van der Waals surface area contributed by atoms with Crippen molar-refractivity contribution in [2.75, 3.05) is 0 Å². The van der Waals surface area contributed by atoms with Crippen molar-refractivity contribution >= 4 is 5.97 Å². The highest BCUT2D eigenvalue weighted by molar-refractivity contribution is 5.90. The van der Waals surface area contributed by atoms with E-state index in [0.717, 1.165) is 6.07 Å². The molecule has 5 heteroatoms. The van der Waals surface area contributed by atoms with Gasteiger partial charge in [-0.15, -0.1) is 0 Å². The van der Waals surface area contributed by atoms with Crippen LogP contribution in [0.5, 0.6) is 0 Å². The third-order valence-corrected chi connectivity index (χ3v) is 3.25. The lowest BCUT2D eigenvalue weighted by atomic mass is 9.78. The number of carboxylic acids is 1. The number of carboxylic acid groups (broad SMARTS) is 1. The Morgan fingerprint density at radius 2 is 1.94 bits per heavy atom. The van der Waals surface area contributed by atoms with E-state index in [4.69, 9.17) is 0 Å². The van der Waals surface area contributed by atoms with E-state index in [0.29, 0.717) is 17.7 Å². The van der Waals surface area contributed by atoms with Crippen LogP contribution in [-0.4, -0.2) is 21.6 Å². The molecule has 98 valence electrons. The largest absolute Gasteiger partial charge is 0.478 e. The summed E-state index contributed by atoms with van der Waals surface area (Å²) in [6.07, 6.45) is 0.599. The maximum Gasteiger partial charge on any atom is 0.336 e. The number of aromatic amines is 1. The monoisotopic (exact) mass is 250 g/mol. The van der Waals surface area contributed by atoms with Gasteiger partial charge in [-0.1, -0.05) is 0 Å². The number of fused-ring (bicyclic) bond motifs is 1. The predicted octanol–water partition coefficient (Wildman–Crippen LogP) is 1.23. The molecule has 0 spiro atoms. The Morgan fingerprint density at radius 3 is 2.50 bits per heavy atom. The van der Waals surface area contributed by atoms with Gasteiger partial charge >= 0.3 is 5.97 Å². The molecule has 2 heterocycles. The SMILES string of the molecule is CC1(C)Cc2[nH]c(=O)cc(C(=O)O)c2C(C)(C)N1. The van der Waals surface area contributed by atoms with Gasteiger partial charge in [0.25, 0.3) is 0 Å². The predicted molar refractivity (Wildman–Crippen MR) is 68.0 cm³/mol. The lowest BCUT2D eigenvalue weighted by Gasteiger charge is -2.44. The van der Waals surface area contributed by atoms with Gasteiger partial charge in [0.05, 0.1) is 5.56 Å². The first-order valence-corrected chi connectivity index (χ1v) is 5.92. The number of rotatable bonds is 1. The Labute approximate surface area is 105 Å². The average Bonchev–Trinajstić information content (AvgIpc) is 2.11. The molecular weight excluding hydrogens is 232 g/mol. The van der Waals surface area contributed by atoms with Gasteiger partial charge in [0, 0.05) is 34.8 Å². The summed E-state index contributed by atoms with van der Waals surface area (Å²) in [4.78, 5) is 25.6. The number of aromatic nitrogens is 1. The van der Waals surface area contributed by atoms with Gasteiger partial charge in [-0.2, -0.15) is 0 Å². The molecule has 1 aromatic heterocycles. The highest BCUT2D eigenvalue weighted by Gasteiger charge is 2.39. The van der Waals surface area contributed by atoms with Crippen LogP contribution in [0.3, 0.4) is 0 Å². The van der Waals surface area contributed by atoms with E-state index in [9.17, 15) is 14.7 Å². The zero-order valence-corrected chi connectivity index (χ0v) is 11.0. The van der Waals surface area contributed by atoms with Gasteiger partial charge < -0.3 is 15.4 Å². The minimum Gasteiger partial charge on any atom is -0.478 e. The first-order chi connectivity index (χ1) is 8.12. The van der Waals surface area contributed by atoms with Crippen LogP contribution in [0.15, 0.2) is 10.9 Å². The molecule has 1 aliphatic heterocycles. The van der Waals surface area contributed by atoms with Gasteiger partial charge in [-0.3, -0.25) is 4.79 Å². The molecular formula is C13H18N2O3. The third kappa shape index (κ3) is 2.06. The molecule has 5 nitrogen and oxygen atoms in total. The molecule has 0 saturated carbocycles. The van der Waals surface area contributed by atoms with Crippen LogP contribution >= 0.6 is 0 Å². The first kappa shape index (κ1) is 12.8. The van der Waals surface area contributed by atoms with Gasteiger partial charge in [0.2, 0.25) is 5.56 Å². The molecule has 0 atom stereocenters. The number of aromatic carboxylic acids is 1. The van der Waals surface area contributed by atoms with Gasteiger partial charge in [0.1, 0.15) is 0 Å². The molecule has 3 N–H and O–H groups in total. The maximum absolute atomic E-state index is 11.5. The average molecular weight is 250 g/mol. The third-order valence-electron chi connectivity index (χ3n) is 3.25. The van der Waals surface area contributed by atoms with E-state index in [1.807, 2.05) is 27.7 Å². The standard InChI is InChI=1S/C13H18N2O3/c1-12(2)6-8-10(13(3,4)15-12)7(11(17)18)5-9(16)14-8/h5,15H,6H2,1-4H3,(H,14,16)(H,17,18). The summed E-state index contributed by atoms with van der Waals surface area (Å²) in [6, 6.07) is 1.16. The van der Waals surface area contributed by atoms with Crippen molar-refractivity contribution in [2.45, 2.75) is 45.2 Å². The minimum atomic E-state index is -1.06. The van der Waals surface area contributed by atoms with E-state index >= 15 is 0 Å². The van der Waals surface area contributed by atoms with Crippen LogP contribution in [-0.2, 0) is 12.0 Å². The zero-order valence-electron chi connectivity index (χ0n) is 11.0. The molecule has 1 aliphatic rings. The molecule has 0 fully saturated rings. The first-order valence-electron chi connectivity index (χ1n) is 5.92. The fourth-order valence-electron chi connectivity index (χ4n) is 3.02. The Kier molecular flexibility index (Phi) is 2.63. The van der Waals surface area contributed by atoms with Crippen molar-refractivity contribution < 1.29 is 9.90 Å². The maximum atomic E-state index is 11.5. The van der Waals surface area contributed by atoms with E-state index in [1.165, 1.54) is 0 Å². The van der Waals surface area contributed by atoms with Gasteiger partial charge in [0.15, 0.2) is 0 Å². The second-order valence-corrected chi connectivity index (χ2v) is 6.02. The lowest BCUT2D eigenvalue weighted by molar-refractivity contribution is 0.0690. The summed E-state index contributed by atoms with van der Waals surface area (Å²) in [5.41, 5.74) is 0.440. The topological polar surface area (TPSA) is 82.2 Å². The van der Waals surface area contributed by atoms with Crippen molar-refractivity contribution in [1.29, 1.82) is 0 Å². The quantitative estimate of drug-likeness (QED) is 0.700.